The number of benzene rings is 4. The third-order valence-electron chi connectivity index (χ3n) is 5.80. The molecule has 0 saturated heterocycles. The second kappa shape index (κ2) is 13.3. The topological polar surface area (TPSA) is 131 Å². The Kier molecular flexibility index (Phi) is 9.37. The van der Waals surface area contributed by atoms with Gasteiger partial charge in [0, 0.05) is 12.1 Å². The van der Waals surface area contributed by atoms with Crippen LogP contribution in [-0.2, 0) is 39.2 Å². The Balaban J connectivity index is 1.29. The fourth-order valence-electron chi connectivity index (χ4n) is 3.76. The summed E-state index contributed by atoms with van der Waals surface area (Å²) >= 11 is 0. The van der Waals surface area contributed by atoms with Crippen molar-refractivity contribution < 1.29 is 32.6 Å². The fourth-order valence-corrected chi connectivity index (χ4v) is 4.83. The number of ether oxygens (including phenoxy) is 2. The summed E-state index contributed by atoms with van der Waals surface area (Å²) in [5.74, 6) is -0.491. The number of aliphatic carboxylic acids is 1. The Morgan fingerprint density at radius 3 is 2.02 bits per heavy atom. The van der Waals surface area contributed by atoms with Crippen LogP contribution in [0.5, 0.6) is 5.75 Å². The number of alkyl carbamates (subject to hydrolysis) is 1. The van der Waals surface area contributed by atoms with Crippen LogP contribution >= 0.6 is 0 Å². The first-order valence-electron chi connectivity index (χ1n) is 12.4. The number of rotatable bonds is 12. The lowest BCUT2D eigenvalue weighted by atomic mass is 10.1. The van der Waals surface area contributed by atoms with Crippen LogP contribution in [0, 0.1) is 0 Å². The van der Waals surface area contributed by atoms with Gasteiger partial charge >= 0.3 is 12.1 Å². The van der Waals surface area contributed by atoms with Crippen molar-refractivity contribution in [1.82, 2.24) is 5.32 Å². The monoisotopic (exact) mass is 560 g/mol. The second-order valence-electron chi connectivity index (χ2n) is 8.85. The van der Waals surface area contributed by atoms with Crippen molar-refractivity contribution in [3.63, 3.8) is 0 Å². The summed E-state index contributed by atoms with van der Waals surface area (Å²) in [6, 6.07) is 29.7. The molecule has 40 heavy (non-hydrogen) atoms. The molecule has 0 aliphatic rings. The number of anilines is 1. The van der Waals surface area contributed by atoms with Gasteiger partial charge in [-0.15, -0.1) is 0 Å². The van der Waals surface area contributed by atoms with Gasteiger partial charge in [0.25, 0.3) is 10.0 Å². The highest BCUT2D eigenvalue weighted by atomic mass is 32.2. The maximum absolute atomic E-state index is 12.6. The summed E-state index contributed by atoms with van der Waals surface area (Å²) in [7, 11) is -3.81. The van der Waals surface area contributed by atoms with Crippen molar-refractivity contribution in [2.24, 2.45) is 0 Å². The van der Waals surface area contributed by atoms with Crippen molar-refractivity contribution in [3.05, 3.63) is 126 Å². The number of sulfonamides is 1. The van der Waals surface area contributed by atoms with Gasteiger partial charge in [-0.1, -0.05) is 72.8 Å². The van der Waals surface area contributed by atoms with Gasteiger partial charge in [0.2, 0.25) is 0 Å². The molecule has 0 spiro atoms. The van der Waals surface area contributed by atoms with Crippen LogP contribution in [0.2, 0.25) is 0 Å². The summed E-state index contributed by atoms with van der Waals surface area (Å²) in [5.41, 5.74) is 2.44. The molecule has 0 saturated carbocycles. The number of carboxylic acid groups (broad SMARTS) is 1. The zero-order valence-corrected chi connectivity index (χ0v) is 22.2. The van der Waals surface area contributed by atoms with Gasteiger partial charge in [0.05, 0.1) is 4.90 Å². The zero-order chi connectivity index (χ0) is 28.4. The molecule has 1 unspecified atom stereocenters. The van der Waals surface area contributed by atoms with E-state index in [1.54, 1.807) is 48.5 Å². The summed E-state index contributed by atoms with van der Waals surface area (Å²) in [6.07, 6.45) is -0.966. The number of para-hydroxylation sites is 1. The van der Waals surface area contributed by atoms with Crippen LogP contribution < -0.4 is 14.8 Å². The average molecular weight is 561 g/mol. The summed E-state index contributed by atoms with van der Waals surface area (Å²) in [5, 5.41) is 12.0. The number of carboxylic acids is 1. The Labute approximate surface area is 232 Å². The highest BCUT2D eigenvalue weighted by Gasteiger charge is 2.22. The smallest absolute Gasteiger partial charge is 0.408 e. The van der Waals surface area contributed by atoms with Crippen molar-refractivity contribution in [2.75, 3.05) is 4.72 Å². The molecule has 4 aromatic rings. The summed E-state index contributed by atoms with van der Waals surface area (Å²) in [6.45, 7) is 0.343. The maximum Gasteiger partial charge on any atom is 0.408 e. The fraction of sp³-hybridized carbons (Fsp3) is 0.133. The van der Waals surface area contributed by atoms with Gasteiger partial charge in [-0.3, -0.25) is 4.72 Å². The first kappa shape index (κ1) is 28.2. The third kappa shape index (κ3) is 8.34. The molecule has 3 N–H and O–H groups in total. The van der Waals surface area contributed by atoms with Crippen molar-refractivity contribution in [1.29, 1.82) is 0 Å². The van der Waals surface area contributed by atoms with Crippen LogP contribution in [0.25, 0.3) is 0 Å². The number of amides is 1. The zero-order valence-electron chi connectivity index (χ0n) is 21.4. The molecule has 0 heterocycles. The van der Waals surface area contributed by atoms with Crippen LogP contribution in [0.3, 0.4) is 0 Å². The molecule has 206 valence electrons. The highest BCUT2D eigenvalue weighted by Crippen LogP contribution is 2.18. The largest absolute Gasteiger partial charge is 0.489 e. The van der Waals surface area contributed by atoms with Gasteiger partial charge in [-0.25, -0.2) is 18.0 Å². The van der Waals surface area contributed by atoms with Crippen molar-refractivity contribution >= 4 is 27.8 Å². The third-order valence-corrected chi connectivity index (χ3v) is 7.20. The predicted octanol–water partition coefficient (Wildman–Crippen LogP) is 4.99. The van der Waals surface area contributed by atoms with Crippen LogP contribution in [-0.4, -0.2) is 31.6 Å². The molecule has 0 aliphatic carbocycles. The quantitative estimate of drug-likeness (QED) is 0.223. The molecule has 4 aromatic carbocycles. The first-order valence-corrected chi connectivity index (χ1v) is 13.9. The van der Waals surface area contributed by atoms with Crippen LogP contribution in [0.1, 0.15) is 16.7 Å². The van der Waals surface area contributed by atoms with E-state index in [-0.39, 0.29) is 23.6 Å². The normalized spacial score (nSPS) is 11.7. The molecule has 0 bridgehead atoms. The van der Waals surface area contributed by atoms with Gasteiger partial charge in [-0.2, -0.15) is 0 Å². The number of hydrogen-bond acceptors (Lipinski definition) is 6. The maximum atomic E-state index is 12.6. The average Bonchev–Trinajstić information content (AvgIpc) is 2.96. The molecular weight excluding hydrogens is 532 g/mol. The Morgan fingerprint density at radius 2 is 1.38 bits per heavy atom. The van der Waals surface area contributed by atoms with Crippen LogP contribution in [0.15, 0.2) is 114 Å². The van der Waals surface area contributed by atoms with E-state index in [1.165, 1.54) is 18.2 Å². The Bertz CT molecular complexity index is 1530. The molecule has 0 aromatic heterocycles. The Hall–Kier alpha value is -4.83. The lowest BCUT2D eigenvalue weighted by Gasteiger charge is -2.16. The second-order valence-corrected chi connectivity index (χ2v) is 10.5. The van der Waals surface area contributed by atoms with Gasteiger partial charge in [0.1, 0.15) is 25.0 Å². The molecule has 1 atom stereocenters. The highest BCUT2D eigenvalue weighted by molar-refractivity contribution is 7.92. The van der Waals surface area contributed by atoms with Gasteiger partial charge < -0.3 is 19.9 Å². The molecule has 9 nitrogen and oxygen atoms in total. The minimum Gasteiger partial charge on any atom is -0.489 e. The number of carbonyl (C=O) groups excluding carboxylic acids is 1. The van der Waals surface area contributed by atoms with Crippen molar-refractivity contribution in [3.8, 4) is 5.75 Å². The van der Waals surface area contributed by atoms with E-state index < -0.39 is 28.1 Å². The summed E-state index contributed by atoms with van der Waals surface area (Å²) < 4.78 is 38.6. The lowest BCUT2D eigenvalue weighted by molar-refractivity contribution is -0.139. The molecular formula is C30H28N2O7S. The SMILES string of the molecule is O=C(NC(Cc1cccc(NS(=O)(=O)c2ccccc2)c1)C(=O)O)OCc1ccc(COc2ccccc2)cc1. The molecule has 10 heteroatoms. The van der Waals surface area contributed by atoms with Gasteiger partial charge in [-0.05, 0) is 53.1 Å². The standard InChI is InChI=1S/C30H28N2O7S/c33-29(34)28(19-24-8-7-9-25(18-24)32-40(36,37)27-12-5-2-6-13-27)31-30(35)39-21-23-16-14-22(15-17-23)20-38-26-10-3-1-4-11-26/h1-18,28,32H,19-21H2,(H,31,35)(H,33,34). The number of hydrogen-bond donors (Lipinski definition) is 3. The van der Waals surface area contributed by atoms with E-state index in [4.69, 9.17) is 9.47 Å². The van der Waals surface area contributed by atoms with E-state index in [2.05, 4.69) is 10.0 Å². The molecule has 0 aliphatic heterocycles. The van der Waals surface area contributed by atoms with Crippen LogP contribution in [0.4, 0.5) is 10.5 Å². The predicted molar refractivity (Wildman–Crippen MR) is 149 cm³/mol. The van der Waals surface area contributed by atoms with E-state index in [9.17, 15) is 23.1 Å². The van der Waals surface area contributed by atoms with Gasteiger partial charge in [0.15, 0.2) is 0 Å². The molecule has 4 rings (SSSR count). The van der Waals surface area contributed by atoms with E-state index >= 15 is 0 Å². The molecule has 0 radical (unpaired) electrons. The first-order chi connectivity index (χ1) is 19.3. The van der Waals surface area contributed by atoms with E-state index in [0.29, 0.717) is 12.2 Å². The molecule has 0 fully saturated rings. The minimum atomic E-state index is -3.81. The van der Waals surface area contributed by atoms with E-state index in [0.717, 1.165) is 16.9 Å². The number of nitrogens with one attached hydrogen (secondary N) is 2. The summed E-state index contributed by atoms with van der Waals surface area (Å²) in [4.78, 5) is 24.3. The molecule has 1 amide bonds. The lowest BCUT2D eigenvalue weighted by Crippen LogP contribution is -2.42. The Morgan fingerprint density at radius 1 is 0.750 bits per heavy atom. The van der Waals surface area contributed by atoms with Crippen molar-refractivity contribution in [2.45, 2.75) is 30.6 Å². The minimum absolute atomic E-state index is 0.0469. The number of carbonyl (C=O) groups is 2. The van der Waals surface area contributed by atoms with E-state index in [1.807, 2.05) is 42.5 Å².